The molecule has 3 N–H and O–H groups in total. The van der Waals surface area contributed by atoms with Crippen LogP contribution >= 0.6 is 11.3 Å². The van der Waals surface area contributed by atoms with Crippen LogP contribution in [0.5, 0.6) is 0 Å². The van der Waals surface area contributed by atoms with Gasteiger partial charge in [0.2, 0.25) is 0 Å². The third-order valence-electron chi connectivity index (χ3n) is 6.79. The van der Waals surface area contributed by atoms with Crippen LogP contribution in [0, 0.1) is 0 Å². The summed E-state index contributed by atoms with van der Waals surface area (Å²) in [7, 11) is 2.11. The van der Waals surface area contributed by atoms with Gasteiger partial charge in [0.25, 0.3) is 11.8 Å². The first-order valence-electron chi connectivity index (χ1n) is 12.3. The van der Waals surface area contributed by atoms with Crippen LogP contribution in [0.2, 0.25) is 0 Å². The first-order chi connectivity index (χ1) is 17.5. The fourth-order valence-corrected chi connectivity index (χ4v) is 5.39. The Labute approximate surface area is 214 Å². The zero-order valence-corrected chi connectivity index (χ0v) is 21.3. The first-order valence-corrected chi connectivity index (χ1v) is 13.2. The maximum Gasteiger partial charge on any atom is 0.261 e. The molecule has 1 aliphatic rings. The number of likely N-dealkylation sites (tertiary alicyclic amines) is 1. The molecule has 0 saturated carbocycles. The Morgan fingerprint density at radius 1 is 1.11 bits per heavy atom. The quantitative estimate of drug-likeness (QED) is 0.348. The molecule has 0 spiro atoms. The van der Waals surface area contributed by atoms with Gasteiger partial charge in [0.05, 0.1) is 22.6 Å². The summed E-state index contributed by atoms with van der Waals surface area (Å²) in [6.45, 7) is 4.05. The number of amides is 2. The number of piperidine rings is 1. The highest BCUT2D eigenvalue weighted by Gasteiger charge is 2.21. The van der Waals surface area contributed by atoms with Crippen LogP contribution < -0.4 is 10.6 Å². The molecule has 0 radical (unpaired) electrons. The van der Waals surface area contributed by atoms with Crippen molar-refractivity contribution in [1.82, 2.24) is 30.7 Å². The zero-order valence-electron chi connectivity index (χ0n) is 20.5. The summed E-state index contributed by atoms with van der Waals surface area (Å²) in [5.74, 6) is -0.156. The van der Waals surface area contributed by atoms with Gasteiger partial charge in [-0.05, 0) is 86.2 Å². The molecule has 9 heteroatoms. The lowest BCUT2D eigenvalue weighted by molar-refractivity contribution is 0.0917. The second-order valence-electron chi connectivity index (χ2n) is 9.36. The van der Waals surface area contributed by atoms with Crippen molar-refractivity contribution in [3.8, 4) is 11.1 Å². The highest BCUT2D eigenvalue weighted by Crippen LogP contribution is 2.28. The molecule has 1 aliphatic heterocycles. The van der Waals surface area contributed by atoms with Gasteiger partial charge in [0.1, 0.15) is 0 Å². The van der Waals surface area contributed by atoms with E-state index >= 15 is 0 Å². The van der Waals surface area contributed by atoms with Crippen LogP contribution in [-0.2, 0) is 0 Å². The summed E-state index contributed by atoms with van der Waals surface area (Å²) < 4.78 is 0. The standard InChI is InChI=1S/C27H30N6O2S/c1-3-23(31-26(34)17-4-5-24-20(10-17)15-29-32-24)19-11-18(13-28-14-19)21-12-25(36-16-21)27(35)30-22-6-8-33(2)9-7-22/h4-5,10-16,22-23H,3,6-9H2,1-2H3,(H,29,32)(H,30,35)(H,31,34). The fourth-order valence-electron chi connectivity index (χ4n) is 4.57. The highest BCUT2D eigenvalue weighted by molar-refractivity contribution is 7.12. The molecule has 1 unspecified atom stereocenters. The number of thiophene rings is 1. The third kappa shape index (κ3) is 5.32. The minimum atomic E-state index is -0.184. The van der Waals surface area contributed by atoms with Crippen LogP contribution in [0.3, 0.4) is 0 Å². The van der Waals surface area contributed by atoms with Crippen LogP contribution in [0.1, 0.15) is 57.8 Å². The Balaban J connectivity index is 1.27. The number of fused-ring (bicyclic) bond motifs is 1. The highest BCUT2D eigenvalue weighted by atomic mass is 32.1. The lowest BCUT2D eigenvalue weighted by Crippen LogP contribution is -2.43. The molecule has 4 heterocycles. The lowest BCUT2D eigenvalue weighted by atomic mass is 10.0. The van der Waals surface area contributed by atoms with E-state index in [9.17, 15) is 9.59 Å². The first kappa shape index (κ1) is 24.1. The molecule has 0 bridgehead atoms. The van der Waals surface area contributed by atoms with Gasteiger partial charge >= 0.3 is 0 Å². The summed E-state index contributed by atoms with van der Waals surface area (Å²) >= 11 is 1.44. The minimum absolute atomic E-state index is 0.0155. The molecule has 0 aliphatic carbocycles. The number of H-pyrrole nitrogens is 1. The maximum atomic E-state index is 13.0. The van der Waals surface area contributed by atoms with E-state index in [1.54, 1.807) is 24.7 Å². The van der Waals surface area contributed by atoms with E-state index in [1.165, 1.54) is 11.3 Å². The summed E-state index contributed by atoms with van der Waals surface area (Å²) in [4.78, 5) is 33.2. The van der Waals surface area contributed by atoms with Gasteiger partial charge in [-0.25, -0.2) is 0 Å². The number of carbonyl (C=O) groups excluding carboxylic acids is 2. The van der Waals surface area contributed by atoms with Crippen molar-refractivity contribution in [2.75, 3.05) is 20.1 Å². The van der Waals surface area contributed by atoms with Gasteiger partial charge < -0.3 is 15.5 Å². The van der Waals surface area contributed by atoms with Gasteiger partial charge in [-0.2, -0.15) is 5.10 Å². The largest absolute Gasteiger partial charge is 0.349 e. The van der Waals surface area contributed by atoms with E-state index in [2.05, 4.69) is 37.8 Å². The number of benzene rings is 1. The average molecular weight is 503 g/mol. The van der Waals surface area contributed by atoms with Gasteiger partial charge in [-0.1, -0.05) is 6.92 Å². The SMILES string of the molecule is CCC(NC(=O)c1ccc2[nH]ncc2c1)c1cncc(-c2csc(C(=O)NC3CCN(C)CC3)c2)c1. The molecule has 8 nitrogen and oxygen atoms in total. The van der Waals surface area contributed by atoms with E-state index < -0.39 is 0 Å². The van der Waals surface area contributed by atoms with E-state index in [4.69, 9.17) is 0 Å². The number of pyridine rings is 1. The van der Waals surface area contributed by atoms with Crippen molar-refractivity contribution in [2.45, 2.75) is 38.3 Å². The Kier molecular flexibility index (Phi) is 7.11. The number of hydrogen-bond donors (Lipinski definition) is 3. The van der Waals surface area contributed by atoms with E-state index in [0.29, 0.717) is 10.4 Å². The fraction of sp³-hybridized carbons (Fsp3) is 0.333. The Bertz CT molecular complexity index is 1370. The number of hydrogen-bond acceptors (Lipinski definition) is 6. The summed E-state index contributed by atoms with van der Waals surface area (Å²) in [5.41, 5.74) is 4.29. The average Bonchev–Trinajstić information content (AvgIpc) is 3.58. The molecule has 1 saturated heterocycles. The van der Waals surface area contributed by atoms with Gasteiger partial charge in [0, 0.05) is 34.9 Å². The molecule has 1 fully saturated rings. The Hall–Kier alpha value is -3.56. The molecular formula is C27H30N6O2S. The maximum absolute atomic E-state index is 13.0. The lowest BCUT2D eigenvalue weighted by Gasteiger charge is -2.29. The van der Waals surface area contributed by atoms with E-state index in [0.717, 1.165) is 59.9 Å². The molecule has 36 heavy (non-hydrogen) atoms. The molecule has 3 aromatic heterocycles. The minimum Gasteiger partial charge on any atom is -0.349 e. The number of rotatable bonds is 7. The summed E-state index contributed by atoms with van der Waals surface area (Å²) in [6, 6.07) is 9.50. The second kappa shape index (κ2) is 10.6. The van der Waals surface area contributed by atoms with Crippen molar-refractivity contribution in [3.63, 3.8) is 0 Å². The zero-order chi connectivity index (χ0) is 25.1. The molecule has 5 rings (SSSR count). The van der Waals surface area contributed by atoms with Crippen molar-refractivity contribution in [3.05, 3.63) is 70.3 Å². The van der Waals surface area contributed by atoms with Crippen molar-refractivity contribution >= 4 is 34.1 Å². The topological polar surface area (TPSA) is 103 Å². The molecular weight excluding hydrogens is 472 g/mol. The Morgan fingerprint density at radius 2 is 1.94 bits per heavy atom. The second-order valence-corrected chi connectivity index (χ2v) is 10.3. The van der Waals surface area contributed by atoms with Gasteiger partial charge in [0.15, 0.2) is 0 Å². The third-order valence-corrected chi connectivity index (χ3v) is 7.72. The monoisotopic (exact) mass is 502 g/mol. The molecule has 4 aromatic rings. The van der Waals surface area contributed by atoms with Crippen molar-refractivity contribution in [1.29, 1.82) is 0 Å². The number of aromatic amines is 1. The molecule has 186 valence electrons. The van der Waals surface area contributed by atoms with Crippen LogP contribution in [-0.4, -0.2) is 58.1 Å². The summed E-state index contributed by atoms with van der Waals surface area (Å²) in [6.07, 6.45) is 7.97. The molecule has 1 atom stereocenters. The molecule has 2 amide bonds. The number of carbonyl (C=O) groups is 2. The normalized spacial score (nSPS) is 15.6. The Morgan fingerprint density at radius 3 is 2.75 bits per heavy atom. The van der Waals surface area contributed by atoms with Crippen LogP contribution in [0.15, 0.2) is 54.3 Å². The summed E-state index contributed by atoms with van der Waals surface area (Å²) in [5, 5.41) is 16.1. The van der Waals surface area contributed by atoms with Crippen LogP contribution in [0.25, 0.3) is 22.0 Å². The van der Waals surface area contributed by atoms with Crippen LogP contribution in [0.4, 0.5) is 0 Å². The predicted octanol–water partition coefficient (Wildman–Crippen LogP) is 4.39. The van der Waals surface area contributed by atoms with E-state index in [1.807, 2.05) is 36.6 Å². The van der Waals surface area contributed by atoms with Gasteiger partial charge in [-0.3, -0.25) is 19.7 Å². The van der Waals surface area contributed by atoms with Crippen molar-refractivity contribution in [2.24, 2.45) is 0 Å². The predicted molar refractivity (Wildman–Crippen MR) is 142 cm³/mol. The van der Waals surface area contributed by atoms with Gasteiger partial charge in [-0.15, -0.1) is 11.3 Å². The number of aromatic nitrogens is 3. The van der Waals surface area contributed by atoms with Crippen molar-refractivity contribution < 1.29 is 9.59 Å². The smallest absolute Gasteiger partial charge is 0.261 e. The van der Waals surface area contributed by atoms with E-state index in [-0.39, 0.29) is 23.9 Å². The molecule has 1 aromatic carbocycles. The number of nitrogens with one attached hydrogen (secondary N) is 3. The number of nitrogens with zero attached hydrogens (tertiary/aromatic N) is 3.